The van der Waals surface area contributed by atoms with E-state index < -0.39 is 0 Å². The minimum Gasteiger partial charge on any atom is -0.497 e. The van der Waals surface area contributed by atoms with Gasteiger partial charge < -0.3 is 14.0 Å². The monoisotopic (exact) mass is 514 g/mol. The Bertz CT molecular complexity index is 1570. The van der Waals surface area contributed by atoms with Gasteiger partial charge in [0, 0.05) is 29.3 Å². The molecule has 0 saturated carbocycles. The van der Waals surface area contributed by atoms with E-state index in [2.05, 4.69) is 10.2 Å². The number of fused-ring (bicyclic) bond motifs is 1. The second-order valence-corrected chi connectivity index (χ2v) is 9.54. The maximum atomic E-state index is 14.5. The zero-order valence-electron chi connectivity index (χ0n) is 21.2. The van der Waals surface area contributed by atoms with Crippen molar-refractivity contribution < 1.29 is 13.9 Å². The number of ether oxygens (including phenoxy) is 2. The van der Waals surface area contributed by atoms with Crippen LogP contribution in [0.2, 0.25) is 0 Å². The van der Waals surface area contributed by atoms with Crippen LogP contribution in [0.5, 0.6) is 11.5 Å². The highest BCUT2D eigenvalue weighted by Crippen LogP contribution is 2.35. The van der Waals surface area contributed by atoms with Gasteiger partial charge in [-0.3, -0.25) is 0 Å². The van der Waals surface area contributed by atoms with Gasteiger partial charge in [0.15, 0.2) is 11.0 Å². The zero-order chi connectivity index (χ0) is 25.9. The number of nitrogens with zero attached hydrogens (tertiary/aromatic N) is 4. The first-order valence-electron chi connectivity index (χ1n) is 12.0. The fraction of sp³-hybridized carbons (Fsp3) is 0.207. The van der Waals surface area contributed by atoms with E-state index in [0.29, 0.717) is 34.5 Å². The minimum absolute atomic E-state index is 0.176. The highest BCUT2D eigenvalue weighted by atomic mass is 32.2. The maximum absolute atomic E-state index is 14.5. The van der Waals surface area contributed by atoms with Crippen LogP contribution < -0.4 is 9.47 Å². The number of hydrogen-bond donors (Lipinski definition) is 0. The van der Waals surface area contributed by atoms with Crippen LogP contribution in [0.25, 0.3) is 33.5 Å². The van der Waals surface area contributed by atoms with Crippen LogP contribution in [0, 0.1) is 12.7 Å². The molecule has 37 heavy (non-hydrogen) atoms. The molecule has 0 amide bonds. The van der Waals surface area contributed by atoms with Gasteiger partial charge in [-0.25, -0.2) is 9.37 Å². The summed E-state index contributed by atoms with van der Waals surface area (Å²) in [4.78, 5) is 4.92. The van der Waals surface area contributed by atoms with Crippen molar-refractivity contribution in [3.05, 3.63) is 83.7 Å². The van der Waals surface area contributed by atoms with E-state index in [4.69, 9.17) is 14.5 Å². The summed E-state index contributed by atoms with van der Waals surface area (Å²) in [5.74, 6) is 2.53. The number of aryl methyl sites for hydroxylation is 1. The van der Waals surface area contributed by atoms with Crippen molar-refractivity contribution in [2.45, 2.75) is 24.8 Å². The zero-order valence-corrected chi connectivity index (χ0v) is 22.0. The summed E-state index contributed by atoms with van der Waals surface area (Å²) >= 11 is 1.45. The molecule has 0 N–H and O–H groups in total. The van der Waals surface area contributed by atoms with Crippen molar-refractivity contribution in [2.75, 3.05) is 13.7 Å². The molecule has 6 nitrogen and oxygen atoms in total. The summed E-state index contributed by atoms with van der Waals surface area (Å²) in [5, 5.41) is 10.6. The van der Waals surface area contributed by atoms with Crippen LogP contribution in [-0.4, -0.2) is 33.5 Å². The van der Waals surface area contributed by atoms with Crippen LogP contribution >= 0.6 is 11.8 Å². The maximum Gasteiger partial charge on any atom is 0.191 e. The third-order valence-corrected chi connectivity index (χ3v) is 7.25. The predicted molar refractivity (Wildman–Crippen MR) is 146 cm³/mol. The van der Waals surface area contributed by atoms with Crippen LogP contribution in [-0.2, 0) is 12.8 Å². The summed E-state index contributed by atoms with van der Waals surface area (Å²) in [7, 11) is 3.57. The number of halogens is 1. The van der Waals surface area contributed by atoms with Gasteiger partial charge in [-0.2, -0.15) is 0 Å². The smallest absolute Gasteiger partial charge is 0.191 e. The Labute approximate surface area is 219 Å². The van der Waals surface area contributed by atoms with Crippen molar-refractivity contribution in [3.8, 4) is 34.1 Å². The average Bonchev–Trinajstić information content (AvgIpc) is 3.29. The van der Waals surface area contributed by atoms with Crippen molar-refractivity contribution in [1.82, 2.24) is 19.7 Å². The standard InChI is InChI=1S/C29H27FN4O2S/c1-5-36-22-13-14-25-23(15-22)24(16-26(31-25)19-9-11-21(35-4)12-10-19)28-32-33-29(34(28)3)37-17-20-8-6-7-18(2)27(20)30/h6-16H,5,17H2,1-4H3. The van der Waals surface area contributed by atoms with Gasteiger partial charge in [-0.1, -0.05) is 30.0 Å². The Kier molecular flexibility index (Phi) is 7.10. The predicted octanol–water partition coefficient (Wildman–Crippen LogP) is 6.84. The van der Waals surface area contributed by atoms with Crippen LogP contribution in [0.3, 0.4) is 0 Å². The van der Waals surface area contributed by atoms with Gasteiger partial charge in [0.1, 0.15) is 17.3 Å². The van der Waals surface area contributed by atoms with Gasteiger partial charge in [-0.05, 0) is 73.5 Å². The van der Waals surface area contributed by atoms with E-state index in [1.54, 1.807) is 26.2 Å². The normalized spacial score (nSPS) is 11.2. The van der Waals surface area contributed by atoms with E-state index in [1.807, 2.05) is 73.1 Å². The summed E-state index contributed by atoms with van der Waals surface area (Å²) in [6.07, 6.45) is 0. The lowest BCUT2D eigenvalue weighted by Gasteiger charge is -2.12. The Hall–Kier alpha value is -3.91. The SMILES string of the molecule is CCOc1ccc2nc(-c3ccc(OC)cc3)cc(-c3nnc(SCc4cccc(C)c4F)n3C)c2c1. The molecule has 5 aromatic rings. The number of rotatable bonds is 8. The van der Waals surface area contributed by atoms with E-state index in [9.17, 15) is 4.39 Å². The van der Waals surface area contributed by atoms with Gasteiger partial charge in [0.05, 0.1) is 24.9 Å². The highest BCUT2D eigenvalue weighted by Gasteiger charge is 2.18. The summed E-state index contributed by atoms with van der Waals surface area (Å²) in [6, 6.07) is 21.2. The minimum atomic E-state index is -0.176. The Balaban J connectivity index is 1.57. The number of methoxy groups -OCH3 is 1. The van der Waals surface area contributed by atoms with E-state index in [0.717, 1.165) is 39.2 Å². The third-order valence-electron chi connectivity index (χ3n) is 6.18. The van der Waals surface area contributed by atoms with Gasteiger partial charge >= 0.3 is 0 Å². The Morgan fingerprint density at radius 1 is 0.973 bits per heavy atom. The average molecular weight is 515 g/mol. The first-order valence-corrected chi connectivity index (χ1v) is 13.0. The van der Waals surface area contributed by atoms with Gasteiger partial charge in [-0.15, -0.1) is 10.2 Å². The molecule has 8 heteroatoms. The number of benzene rings is 3. The lowest BCUT2D eigenvalue weighted by Crippen LogP contribution is -1.99. The van der Waals surface area contributed by atoms with Crippen molar-refractivity contribution in [2.24, 2.45) is 7.05 Å². The molecule has 2 aromatic heterocycles. The van der Waals surface area contributed by atoms with Gasteiger partial charge in [0.25, 0.3) is 0 Å². The number of hydrogen-bond acceptors (Lipinski definition) is 6. The molecule has 188 valence electrons. The Morgan fingerprint density at radius 3 is 2.51 bits per heavy atom. The molecule has 0 aliphatic heterocycles. The fourth-order valence-corrected chi connectivity index (χ4v) is 5.08. The van der Waals surface area contributed by atoms with Crippen LogP contribution in [0.1, 0.15) is 18.1 Å². The number of aromatic nitrogens is 4. The molecule has 0 fully saturated rings. The molecule has 2 heterocycles. The molecule has 0 unspecified atom stereocenters. The first kappa shape index (κ1) is 24.8. The van der Waals surface area contributed by atoms with Gasteiger partial charge in [0.2, 0.25) is 0 Å². The fourth-order valence-electron chi connectivity index (χ4n) is 4.19. The molecular weight excluding hydrogens is 487 g/mol. The second-order valence-electron chi connectivity index (χ2n) is 8.60. The molecule has 0 bridgehead atoms. The quantitative estimate of drug-likeness (QED) is 0.211. The van der Waals surface area contributed by atoms with Crippen LogP contribution in [0.15, 0.2) is 71.9 Å². The topological polar surface area (TPSA) is 62.1 Å². The molecule has 0 aliphatic carbocycles. The summed E-state index contributed by atoms with van der Waals surface area (Å²) in [6.45, 7) is 4.30. The lowest BCUT2D eigenvalue weighted by atomic mass is 10.0. The molecule has 5 rings (SSSR count). The van der Waals surface area contributed by atoms with Crippen molar-refractivity contribution >= 4 is 22.7 Å². The Morgan fingerprint density at radius 2 is 1.76 bits per heavy atom. The number of thioether (sulfide) groups is 1. The third kappa shape index (κ3) is 5.02. The summed E-state index contributed by atoms with van der Waals surface area (Å²) in [5.41, 5.74) is 4.77. The molecule has 0 spiro atoms. The molecule has 0 radical (unpaired) electrons. The second kappa shape index (κ2) is 10.6. The lowest BCUT2D eigenvalue weighted by molar-refractivity contribution is 0.340. The molecule has 0 saturated heterocycles. The number of pyridine rings is 1. The van der Waals surface area contributed by atoms with E-state index in [-0.39, 0.29) is 5.82 Å². The largest absolute Gasteiger partial charge is 0.497 e. The summed E-state index contributed by atoms with van der Waals surface area (Å²) < 4.78 is 27.5. The van der Waals surface area contributed by atoms with E-state index in [1.165, 1.54) is 11.8 Å². The molecular formula is C29H27FN4O2S. The highest BCUT2D eigenvalue weighted by molar-refractivity contribution is 7.98. The molecule has 0 aliphatic rings. The van der Waals surface area contributed by atoms with E-state index >= 15 is 0 Å². The molecule has 3 aromatic carbocycles. The van der Waals surface area contributed by atoms with Crippen molar-refractivity contribution in [3.63, 3.8) is 0 Å². The molecule has 0 atom stereocenters. The first-order chi connectivity index (χ1) is 18.0. The van der Waals surface area contributed by atoms with Crippen LogP contribution in [0.4, 0.5) is 4.39 Å². The van der Waals surface area contributed by atoms with Crippen molar-refractivity contribution in [1.29, 1.82) is 0 Å².